The van der Waals surface area contributed by atoms with Gasteiger partial charge in [-0.1, -0.05) is 18.2 Å². The highest BCUT2D eigenvalue weighted by molar-refractivity contribution is 7.99. The molecule has 1 aliphatic heterocycles. The van der Waals surface area contributed by atoms with Gasteiger partial charge in [0.2, 0.25) is 5.91 Å². The second kappa shape index (κ2) is 11.1. The molecule has 5 nitrogen and oxygen atoms in total. The molecule has 1 fully saturated rings. The summed E-state index contributed by atoms with van der Waals surface area (Å²) in [6, 6.07) is 14.1. The molecule has 1 N–H and O–H groups in total. The molecule has 0 spiro atoms. The molecule has 7 heteroatoms. The van der Waals surface area contributed by atoms with Crippen LogP contribution in [0.25, 0.3) is 6.08 Å². The molecule has 4 rings (SSSR count). The summed E-state index contributed by atoms with van der Waals surface area (Å²) < 4.78 is 19.9. The second-order valence-corrected chi connectivity index (χ2v) is 9.07. The third kappa shape index (κ3) is 6.66. The van der Waals surface area contributed by atoms with Crippen LogP contribution in [0.4, 0.5) is 10.1 Å². The quantitative estimate of drug-likeness (QED) is 0.468. The van der Waals surface area contributed by atoms with Crippen molar-refractivity contribution in [2.45, 2.75) is 13.5 Å². The number of carbonyl (C=O) groups excluding carboxylic acids is 1. The predicted molar refractivity (Wildman–Crippen MR) is 132 cm³/mol. The first-order valence-corrected chi connectivity index (χ1v) is 12.0. The highest BCUT2D eigenvalue weighted by Crippen LogP contribution is 2.25. The first-order chi connectivity index (χ1) is 16.1. The Bertz CT molecular complexity index is 1130. The molecule has 2 aromatic carbocycles. The van der Waals surface area contributed by atoms with E-state index in [4.69, 9.17) is 4.74 Å². The summed E-state index contributed by atoms with van der Waals surface area (Å²) in [5.74, 6) is 2.14. The van der Waals surface area contributed by atoms with Gasteiger partial charge in [-0.15, -0.1) is 0 Å². The van der Waals surface area contributed by atoms with E-state index >= 15 is 0 Å². The molecule has 0 aliphatic carbocycles. The third-order valence-corrected chi connectivity index (χ3v) is 6.25. The Morgan fingerprint density at radius 1 is 1.21 bits per heavy atom. The van der Waals surface area contributed by atoms with Crippen molar-refractivity contribution in [3.05, 3.63) is 89.5 Å². The third-order valence-electron chi connectivity index (χ3n) is 5.30. The van der Waals surface area contributed by atoms with Gasteiger partial charge in [0.15, 0.2) is 11.6 Å². The van der Waals surface area contributed by atoms with Crippen LogP contribution in [0.2, 0.25) is 0 Å². The number of nitrogens with one attached hydrogen (secondary N) is 1. The molecular formula is C26H26FN3O2S. The zero-order chi connectivity index (χ0) is 23.0. The standard InChI is InChI=1S/C26H26FN3O2S/c1-19-15-21(18-30-11-13-33-14-12-30)4-7-24(19)29-26(31)9-6-20-5-8-25(23(27)16-20)32-22-3-2-10-28-17-22/h2-10,15-17H,11-14,18H2,1H3,(H,29,31)/b9-6+. The van der Waals surface area contributed by atoms with Crippen LogP contribution in [0, 0.1) is 12.7 Å². The number of halogens is 1. The van der Waals surface area contributed by atoms with E-state index in [1.165, 1.54) is 41.5 Å². The van der Waals surface area contributed by atoms with Crippen LogP contribution in [0.3, 0.4) is 0 Å². The summed E-state index contributed by atoms with van der Waals surface area (Å²) in [6.45, 7) is 5.15. The van der Waals surface area contributed by atoms with E-state index in [-0.39, 0.29) is 11.7 Å². The smallest absolute Gasteiger partial charge is 0.248 e. The largest absolute Gasteiger partial charge is 0.453 e. The minimum absolute atomic E-state index is 0.101. The molecule has 1 aromatic heterocycles. The molecule has 170 valence electrons. The number of pyridine rings is 1. The average molecular weight is 464 g/mol. The number of anilines is 1. The number of hydrogen-bond donors (Lipinski definition) is 1. The van der Waals surface area contributed by atoms with Gasteiger partial charge in [-0.25, -0.2) is 4.39 Å². The van der Waals surface area contributed by atoms with E-state index in [1.54, 1.807) is 30.5 Å². The minimum atomic E-state index is -0.514. The Morgan fingerprint density at radius 3 is 2.79 bits per heavy atom. The monoisotopic (exact) mass is 463 g/mol. The number of benzene rings is 2. The molecule has 0 bridgehead atoms. The first kappa shape index (κ1) is 23.0. The number of hydrogen-bond acceptors (Lipinski definition) is 5. The van der Waals surface area contributed by atoms with Gasteiger partial charge in [0, 0.05) is 49.1 Å². The summed E-state index contributed by atoms with van der Waals surface area (Å²) in [7, 11) is 0. The maximum Gasteiger partial charge on any atom is 0.248 e. The van der Waals surface area contributed by atoms with Crippen molar-refractivity contribution in [3.8, 4) is 11.5 Å². The Morgan fingerprint density at radius 2 is 2.06 bits per heavy atom. The van der Waals surface area contributed by atoms with Crippen LogP contribution in [-0.2, 0) is 11.3 Å². The Labute approximate surface area is 197 Å². The van der Waals surface area contributed by atoms with Crippen molar-refractivity contribution in [1.82, 2.24) is 9.88 Å². The van der Waals surface area contributed by atoms with E-state index in [9.17, 15) is 9.18 Å². The second-order valence-electron chi connectivity index (χ2n) is 7.84. The SMILES string of the molecule is Cc1cc(CN2CCSCC2)ccc1NC(=O)/C=C/c1ccc(Oc2cccnc2)c(F)c1. The Kier molecular flexibility index (Phi) is 7.75. The fourth-order valence-corrected chi connectivity index (χ4v) is 4.54. The van der Waals surface area contributed by atoms with Gasteiger partial charge in [-0.2, -0.15) is 11.8 Å². The van der Waals surface area contributed by atoms with Crippen molar-refractivity contribution < 1.29 is 13.9 Å². The molecule has 0 atom stereocenters. The zero-order valence-electron chi connectivity index (χ0n) is 18.5. The fourth-order valence-electron chi connectivity index (χ4n) is 3.57. The summed E-state index contributed by atoms with van der Waals surface area (Å²) in [5, 5.41) is 2.90. The highest BCUT2D eigenvalue weighted by atomic mass is 32.2. The zero-order valence-corrected chi connectivity index (χ0v) is 19.3. The summed E-state index contributed by atoms with van der Waals surface area (Å²) in [5.41, 5.74) is 3.60. The predicted octanol–water partition coefficient (Wildman–Crippen LogP) is 5.52. The van der Waals surface area contributed by atoms with Crippen molar-refractivity contribution in [3.63, 3.8) is 0 Å². The van der Waals surface area contributed by atoms with Gasteiger partial charge in [0.05, 0.1) is 6.20 Å². The lowest BCUT2D eigenvalue weighted by atomic mass is 10.1. The topological polar surface area (TPSA) is 54.5 Å². The van der Waals surface area contributed by atoms with E-state index in [0.29, 0.717) is 11.3 Å². The molecular weight excluding hydrogens is 437 g/mol. The lowest BCUT2D eigenvalue weighted by molar-refractivity contribution is -0.111. The molecule has 1 amide bonds. The van der Waals surface area contributed by atoms with Crippen LogP contribution < -0.4 is 10.1 Å². The molecule has 1 saturated heterocycles. The lowest BCUT2D eigenvalue weighted by Crippen LogP contribution is -2.31. The number of carbonyl (C=O) groups is 1. The molecule has 3 aromatic rings. The number of ether oxygens (including phenoxy) is 1. The molecule has 2 heterocycles. The van der Waals surface area contributed by atoms with Gasteiger partial charge in [0.25, 0.3) is 0 Å². The van der Waals surface area contributed by atoms with Crippen LogP contribution in [0.5, 0.6) is 11.5 Å². The van der Waals surface area contributed by atoms with Crippen molar-refractivity contribution in [2.75, 3.05) is 29.9 Å². The maximum absolute atomic E-state index is 14.4. The highest BCUT2D eigenvalue weighted by Gasteiger charge is 2.12. The van der Waals surface area contributed by atoms with Gasteiger partial charge >= 0.3 is 0 Å². The number of rotatable bonds is 7. The normalized spacial score (nSPS) is 14.4. The minimum Gasteiger partial charge on any atom is -0.453 e. The number of aromatic nitrogens is 1. The number of amides is 1. The van der Waals surface area contributed by atoms with Crippen molar-refractivity contribution in [2.24, 2.45) is 0 Å². The van der Waals surface area contributed by atoms with E-state index in [1.807, 2.05) is 24.8 Å². The number of thioether (sulfide) groups is 1. The molecule has 1 aliphatic rings. The summed E-state index contributed by atoms with van der Waals surface area (Å²) in [4.78, 5) is 18.8. The average Bonchev–Trinajstić information content (AvgIpc) is 2.82. The summed E-state index contributed by atoms with van der Waals surface area (Å²) >= 11 is 2.00. The van der Waals surface area contributed by atoms with Crippen LogP contribution in [0.1, 0.15) is 16.7 Å². The van der Waals surface area contributed by atoms with Gasteiger partial charge in [0.1, 0.15) is 5.75 Å². The van der Waals surface area contributed by atoms with Gasteiger partial charge < -0.3 is 10.1 Å². The van der Waals surface area contributed by atoms with Crippen LogP contribution in [0.15, 0.2) is 67.0 Å². The van der Waals surface area contributed by atoms with E-state index in [0.717, 1.165) is 30.9 Å². The molecule has 0 unspecified atom stereocenters. The summed E-state index contributed by atoms with van der Waals surface area (Å²) in [6.07, 6.45) is 6.10. The Hall–Kier alpha value is -3.16. The van der Waals surface area contributed by atoms with Gasteiger partial charge in [-0.3, -0.25) is 14.7 Å². The molecule has 33 heavy (non-hydrogen) atoms. The maximum atomic E-state index is 14.4. The fraction of sp³-hybridized carbons (Fsp3) is 0.231. The molecule has 0 saturated carbocycles. The molecule has 0 radical (unpaired) electrons. The Balaban J connectivity index is 1.34. The van der Waals surface area contributed by atoms with E-state index in [2.05, 4.69) is 27.3 Å². The van der Waals surface area contributed by atoms with Crippen molar-refractivity contribution in [1.29, 1.82) is 0 Å². The number of nitrogens with zero attached hydrogens (tertiary/aromatic N) is 2. The van der Waals surface area contributed by atoms with E-state index < -0.39 is 5.82 Å². The lowest BCUT2D eigenvalue weighted by Gasteiger charge is -2.26. The van der Waals surface area contributed by atoms with Gasteiger partial charge in [-0.05, 0) is 60.0 Å². The number of aryl methyl sites for hydroxylation is 1. The van der Waals surface area contributed by atoms with Crippen molar-refractivity contribution >= 4 is 29.4 Å². The van der Waals surface area contributed by atoms with Crippen LogP contribution >= 0.6 is 11.8 Å². The first-order valence-electron chi connectivity index (χ1n) is 10.8. The van der Waals surface area contributed by atoms with Crippen LogP contribution in [-0.4, -0.2) is 40.4 Å².